The Morgan fingerprint density at radius 2 is 2.00 bits per heavy atom. The van der Waals surface area contributed by atoms with E-state index < -0.39 is 0 Å². The van der Waals surface area contributed by atoms with Crippen molar-refractivity contribution in [3.05, 3.63) is 58.1 Å². The van der Waals surface area contributed by atoms with E-state index in [1.54, 1.807) is 0 Å². The van der Waals surface area contributed by atoms with Crippen LogP contribution in [0.25, 0.3) is 0 Å². The summed E-state index contributed by atoms with van der Waals surface area (Å²) in [5.74, 6) is 0.836. The van der Waals surface area contributed by atoms with Crippen LogP contribution in [0.15, 0.2) is 41.1 Å². The molecule has 1 N–H and O–H groups in total. The van der Waals surface area contributed by atoms with Crippen LogP contribution < -0.4 is 5.32 Å². The minimum absolute atomic E-state index is 0.139. The Balaban J connectivity index is 2.17. The minimum Gasteiger partial charge on any atom is -0.310 e. The van der Waals surface area contributed by atoms with Crippen LogP contribution in [-0.2, 0) is 6.42 Å². The zero-order valence-electron chi connectivity index (χ0n) is 10.5. The largest absolute Gasteiger partial charge is 0.310 e. The Kier molecular flexibility index (Phi) is 4.44. The third kappa shape index (κ3) is 3.37. The van der Waals surface area contributed by atoms with Gasteiger partial charge in [0.2, 0.25) is 0 Å². The topological polar surface area (TPSA) is 37.8 Å². The van der Waals surface area contributed by atoms with Crippen molar-refractivity contribution in [2.45, 2.75) is 19.4 Å². The zero-order valence-corrected chi connectivity index (χ0v) is 12.1. The molecule has 0 saturated carbocycles. The van der Waals surface area contributed by atoms with Gasteiger partial charge in [0, 0.05) is 16.9 Å². The van der Waals surface area contributed by atoms with Gasteiger partial charge in [0.1, 0.15) is 5.82 Å². The maximum atomic E-state index is 4.38. The lowest BCUT2D eigenvalue weighted by Crippen LogP contribution is -2.21. The number of nitrogens with zero attached hydrogens (tertiary/aromatic N) is 2. The maximum Gasteiger partial charge on any atom is 0.145 e. The van der Waals surface area contributed by atoms with Gasteiger partial charge >= 0.3 is 0 Å². The predicted octanol–water partition coefficient (Wildman–Crippen LogP) is 3.05. The molecule has 0 radical (unpaired) electrons. The van der Waals surface area contributed by atoms with Gasteiger partial charge in [0.15, 0.2) is 0 Å². The normalized spacial score (nSPS) is 12.4. The summed E-state index contributed by atoms with van der Waals surface area (Å²) in [6.45, 7) is 1.99. The van der Waals surface area contributed by atoms with E-state index in [1.165, 1.54) is 5.56 Å². The van der Waals surface area contributed by atoms with Crippen LogP contribution in [0.1, 0.15) is 23.0 Å². The molecule has 4 heteroatoms. The van der Waals surface area contributed by atoms with Crippen LogP contribution in [0.5, 0.6) is 0 Å². The molecule has 0 aliphatic carbocycles. The molecule has 18 heavy (non-hydrogen) atoms. The van der Waals surface area contributed by atoms with Gasteiger partial charge in [-0.05, 0) is 43.7 Å². The molecule has 2 rings (SSSR count). The fourth-order valence-electron chi connectivity index (χ4n) is 1.80. The van der Waals surface area contributed by atoms with Crippen LogP contribution in [0, 0.1) is 6.92 Å². The van der Waals surface area contributed by atoms with Crippen molar-refractivity contribution in [3.63, 3.8) is 0 Å². The monoisotopic (exact) mass is 305 g/mol. The highest BCUT2D eigenvalue weighted by atomic mass is 79.9. The number of nitrogens with one attached hydrogen (secondary N) is 1. The lowest BCUT2D eigenvalue weighted by atomic mass is 10.1. The van der Waals surface area contributed by atoms with E-state index in [9.17, 15) is 0 Å². The number of benzene rings is 1. The molecular weight excluding hydrogens is 290 g/mol. The van der Waals surface area contributed by atoms with Gasteiger partial charge in [-0.3, -0.25) is 0 Å². The third-order valence-corrected chi connectivity index (χ3v) is 3.28. The Morgan fingerprint density at radius 3 is 2.61 bits per heavy atom. The molecule has 0 bridgehead atoms. The number of rotatable bonds is 4. The summed E-state index contributed by atoms with van der Waals surface area (Å²) in [4.78, 5) is 8.77. The van der Waals surface area contributed by atoms with Crippen LogP contribution in [-0.4, -0.2) is 17.0 Å². The van der Waals surface area contributed by atoms with Crippen molar-refractivity contribution in [3.8, 4) is 0 Å². The molecular formula is C14H16BrN3. The average molecular weight is 306 g/mol. The number of aromatic nitrogens is 2. The van der Waals surface area contributed by atoms with Gasteiger partial charge in [-0.25, -0.2) is 9.97 Å². The predicted molar refractivity (Wildman–Crippen MR) is 76.4 cm³/mol. The highest BCUT2D eigenvalue weighted by Crippen LogP contribution is 2.18. The highest BCUT2D eigenvalue weighted by molar-refractivity contribution is 9.10. The van der Waals surface area contributed by atoms with Crippen LogP contribution in [0.3, 0.4) is 0 Å². The molecule has 0 aliphatic heterocycles. The highest BCUT2D eigenvalue weighted by Gasteiger charge is 2.12. The van der Waals surface area contributed by atoms with Crippen LogP contribution in [0.4, 0.5) is 0 Å². The summed E-state index contributed by atoms with van der Waals surface area (Å²) >= 11 is 3.49. The fourth-order valence-corrected chi connectivity index (χ4v) is 2.25. The molecule has 0 saturated heterocycles. The second kappa shape index (κ2) is 6.07. The number of hydrogen-bond acceptors (Lipinski definition) is 3. The van der Waals surface area contributed by atoms with Crippen molar-refractivity contribution in [2.24, 2.45) is 0 Å². The minimum atomic E-state index is 0.139. The van der Waals surface area contributed by atoms with Crippen molar-refractivity contribution < 1.29 is 0 Å². The maximum absolute atomic E-state index is 4.38. The van der Waals surface area contributed by atoms with Crippen LogP contribution >= 0.6 is 15.9 Å². The standard InChI is InChI=1S/C14H16BrN3/c1-10-8-17-14(18-9-10)13(16-2)7-11-4-3-5-12(15)6-11/h3-6,8-9,13,16H,7H2,1-2H3. The van der Waals surface area contributed by atoms with Gasteiger partial charge in [-0.1, -0.05) is 28.1 Å². The Bertz CT molecular complexity index is 511. The van der Waals surface area contributed by atoms with Crippen molar-refractivity contribution in [2.75, 3.05) is 7.05 Å². The number of aryl methyl sites for hydroxylation is 1. The quantitative estimate of drug-likeness (QED) is 0.943. The molecule has 3 nitrogen and oxygen atoms in total. The molecule has 2 aromatic rings. The average Bonchev–Trinajstić information content (AvgIpc) is 2.37. The Labute approximate surface area is 116 Å². The first kappa shape index (κ1) is 13.2. The van der Waals surface area contributed by atoms with E-state index in [1.807, 2.05) is 38.5 Å². The lowest BCUT2D eigenvalue weighted by Gasteiger charge is -2.15. The molecule has 0 amide bonds. The summed E-state index contributed by atoms with van der Waals surface area (Å²) in [6.07, 6.45) is 4.58. The third-order valence-electron chi connectivity index (χ3n) is 2.79. The van der Waals surface area contributed by atoms with Crippen molar-refractivity contribution >= 4 is 15.9 Å². The van der Waals surface area contributed by atoms with E-state index in [0.717, 1.165) is 22.3 Å². The smallest absolute Gasteiger partial charge is 0.145 e. The summed E-state index contributed by atoms with van der Waals surface area (Å²) in [6, 6.07) is 8.45. The summed E-state index contributed by atoms with van der Waals surface area (Å²) < 4.78 is 1.10. The van der Waals surface area contributed by atoms with E-state index in [4.69, 9.17) is 0 Å². The first-order chi connectivity index (χ1) is 8.69. The van der Waals surface area contributed by atoms with Gasteiger partial charge in [-0.2, -0.15) is 0 Å². The zero-order chi connectivity index (χ0) is 13.0. The molecule has 1 atom stereocenters. The first-order valence-corrected chi connectivity index (χ1v) is 6.68. The second-order valence-corrected chi connectivity index (χ2v) is 5.21. The fraction of sp³-hybridized carbons (Fsp3) is 0.286. The van der Waals surface area contributed by atoms with Crippen molar-refractivity contribution in [1.82, 2.24) is 15.3 Å². The van der Waals surface area contributed by atoms with E-state index in [-0.39, 0.29) is 6.04 Å². The molecule has 1 aromatic carbocycles. The second-order valence-electron chi connectivity index (χ2n) is 4.29. The molecule has 0 aliphatic rings. The number of hydrogen-bond donors (Lipinski definition) is 1. The first-order valence-electron chi connectivity index (χ1n) is 5.89. The molecule has 1 unspecified atom stereocenters. The molecule has 1 aromatic heterocycles. The summed E-state index contributed by atoms with van der Waals surface area (Å²) in [5.41, 5.74) is 2.34. The summed E-state index contributed by atoms with van der Waals surface area (Å²) in [5, 5.41) is 3.27. The van der Waals surface area contributed by atoms with E-state index in [2.05, 4.69) is 43.3 Å². The molecule has 1 heterocycles. The van der Waals surface area contributed by atoms with E-state index in [0.29, 0.717) is 0 Å². The molecule has 0 spiro atoms. The van der Waals surface area contributed by atoms with E-state index >= 15 is 0 Å². The SMILES string of the molecule is CNC(Cc1cccc(Br)c1)c1ncc(C)cn1. The van der Waals surface area contributed by atoms with Gasteiger partial charge in [-0.15, -0.1) is 0 Å². The number of likely N-dealkylation sites (N-methyl/N-ethyl adjacent to an activating group) is 1. The van der Waals surface area contributed by atoms with Crippen LogP contribution in [0.2, 0.25) is 0 Å². The van der Waals surface area contributed by atoms with Crippen molar-refractivity contribution in [1.29, 1.82) is 0 Å². The molecule has 0 fully saturated rings. The Hall–Kier alpha value is -1.26. The van der Waals surface area contributed by atoms with Gasteiger partial charge < -0.3 is 5.32 Å². The lowest BCUT2D eigenvalue weighted by molar-refractivity contribution is 0.556. The summed E-state index contributed by atoms with van der Waals surface area (Å²) in [7, 11) is 1.94. The van der Waals surface area contributed by atoms with Gasteiger partial charge in [0.25, 0.3) is 0 Å². The Morgan fingerprint density at radius 1 is 1.28 bits per heavy atom. The van der Waals surface area contributed by atoms with Gasteiger partial charge in [0.05, 0.1) is 6.04 Å². The molecule has 94 valence electrons. The number of halogens is 1.